The molecule has 2 rings (SSSR count). The highest BCUT2D eigenvalue weighted by Gasteiger charge is 2.39. The molecule has 0 bridgehead atoms. The quantitative estimate of drug-likeness (QED) is 0.614. The Morgan fingerprint density at radius 3 is 2.38 bits per heavy atom. The maximum atomic E-state index is 11.8. The topological polar surface area (TPSA) is 69.7 Å². The van der Waals surface area contributed by atoms with Crippen LogP contribution < -0.4 is 5.32 Å². The van der Waals surface area contributed by atoms with Gasteiger partial charge in [-0.05, 0) is 25.9 Å². The van der Waals surface area contributed by atoms with Crippen molar-refractivity contribution in [3.8, 4) is 0 Å². The van der Waals surface area contributed by atoms with E-state index in [1.165, 1.54) is 11.9 Å². The molecule has 0 saturated carbocycles. The van der Waals surface area contributed by atoms with Gasteiger partial charge in [-0.25, -0.2) is 4.79 Å². The Kier molecular flexibility index (Phi) is 2.91. The zero-order chi connectivity index (χ0) is 11.7. The van der Waals surface area contributed by atoms with E-state index >= 15 is 0 Å². The molecule has 4 amide bonds. The van der Waals surface area contributed by atoms with Crippen LogP contribution in [0.4, 0.5) is 4.79 Å². The van der Waals surface area contributed by atoms with Crippen molar-refractivity contribution in [1.82, 2.24) is 15.1 Å². The summed E-state index contributed by atoms with van der Waals surface area (Å²) in [7, 11) is 1.42. The molecule has 16 heavy (non-hydrogen) atoms. The van der Waals surface area contributed by atoms with Gasteiger partial charge >= 0.3 is 6.03 Å². The first-order valence-corrected chi connectivity index (χ1v) is 5.44. The number of imide groups is 2. The molecule has 0 aliphatic carbocycles. The van der Waals surface area contributed by atoms with E-state index in [2.05, 4.69) is 5.32 Å². The predicted molar refractivity (Wildman–Crippen MR) is 55.5 cm³/mol. The van der Waals surface area contributed by atoms with Crippen LogP contribution in [0.3, 0.4) is 0 Å². The second-order valence-corrected chi connectivity index (χ2v) is 4.16. The molecule has 6 heteroatoms. The first kappa shape index (κ1) is 11.1. The number of hydrogen-bond acceptors (Lipinski definition) is 4. The average molecular weight is 225 g/mol. The molecule has 2 fully saturated rings. The van der Waals surface area contributed by atoms with Gasteiger partial charge in [0.25, 0.3) is 0 Å². The molecule has 0 radical (unpaired) electrons. The van der Waals surface area contributed by atoms with Gasteiger partial charge in [-0.15, -0.1) is 0 Å². The van der Waals surface area contributed by atoms with Crippen LogP contribution in [0.5, 0.6) is 0 Å². The summed E-state index contributed by atoms with van der Waals surface area (Å²) < 4.78 is 0. The van der Waals surface area contributed by atoms with E-state index in [-0.39, 0.29) is 18.4 Å². The van der Waals surface area contributed by atoms with Crippen LogP contribution in [0.25, 0.3) is 0 Å². The summed E-state index contributed by atoms with van der Waals surface area (Å²) in [5, 5.41) is 3.17. The van der Waals surface area contributed by atoms with Crippen LogP contribution in [-0.2, 0) is 9.59 Å². The number of nitrogens with zero attached hydrogens (tertiary/aromatic N) is 2. The van der Waals surface area contributed by atoms with Crippen molar-refractivity contribution in [2.45, 2.75) is 25.3 Å². The summed E-state index contributed by atoms with van der Waals surface area (Å²) in [6, 6.07) is -0.537. The monoisotopic (exact) mass is 225 g/mol. The number of barbiturate groups is 1. The fourth-order valence-electron chi connectivity index (χ4n) is 2.13. The highest BCUT2D eigenvalue weighted by atomic mass is 16.2. The minimum atomic E-state index is -0.479. The highest BCUT2D eigenvalue weighted by molar-refractivity contribution is 6.14. The van der Waals surface area contributed by atoms with Crippen LogP contribution in [0, 0.1) is 0 Å². The summed E-state index contributed by atoms with van der Waals surface area (Å²) in [6.45, 7) is 1.61. The number of hydrogen-bond donors (Lipinski definition) is 1. The van der Waals surface area contributed by atoms with Crippen LogP contribution >= 0.6 is 0 Å². The lowest BCUT2D eigenvalue weighted by Crippen LogP contribution is -2.58. The van der Waals surface area contributed by atoms with Gasteiger partial charge in [0.15, 0.2) is 0 Å². The van der Waals surface area contributed by atoms with E-state index in [0.717, 1.165) is 30.8 Å². The summed E-state index contributed by atoms with van der Waals surface area (Å²) in [5.41, 5.74) is 0. The molecule has 0 spiro atoms. The molecule has 0 aromatic heterocycles. The van der Waals surface area contributed by atoms with Crippen molar-refractivity contribution in [2.75, 3.05) is 20.1 Å². The minimum Gasteiger partial charge on any atom is -0.317 e. The van der Waals surface area contributed by atoms with Gasteiger partial charge in [-0.3, -0.25) is 19.4 Å². The van der Waals surface area contributed by atoms with Gasteiger partial charge in [0.1, 0.15) is 6.42 Å². The zero-order valence-electron chi connectivity index (χ0n) is 9.23. The van der Waals surface area contributed by atoms with Gasteiger partial charge in [-0.2, -0.15) is 0 Å². The number of rotatable bonds is 1. The summed E-state index contributed by atoms with van der Waals surface area (Å²) in [4.78, 5) is 37.1. The van der Waals surface area contributed by atoms with Gasteiger partial charge in [0, 0.05) is 13.1 Å². The first-order valence-electron chi connectivity index (χ1n) is 5.44. The highest BCUT2D eigenvalue weighted by Crippen LogP contribution is 2.19. The van der Waals surface area contributed by atoms with Gasteiger partial charge < -0.3 is 5.32 Å². The Morgan fingerprint density at radius 1 is 1.12 bits per heavy atom. The Morgan fingerprint density at radius 2 is 1.75 bits per heavy atom. The Hall–Kier alpha value is -1.43. The van der Waals surface area contributed by atoms with E-state index in [1.807, 2.05) is 0 Å². The molecule has 1 N–H and O–H groups in total. The van der Waals surface area contributed by atoms with Crippen LogP contribution in [0.2, 0.25) is 0 Å². The second kappa shape index (κ2) is 4.21. The number of piperidine rings is 1. The Labute approximate surface area is 93.6 Å². The maximum Gasteiger partial charge on any atom is 0.333 e. The SMILES string of the molecule is CN1C(=O)CC(=O)N(C2CCNCC2)C1=O. The molecule has 0 aromatic rings. The lowest BCUT2D eigenvalue weighted by atomic mass is 10.0. The first-order chi connectivity index (χ1) is 7.61. The molecule has 0 atom stereocenters. The van der Waals surface area contributed by atoms with Crippen LogP contribution in [0.1, 0.15) is 19.3 Å². The third kappa shape index (κ3) is 1.80. The number of amides is 4. The van der Waals surface area contributed by atoms with E-state index < -0.39 is 11.9 Å². The van der Waals surface area contributed by atoms with Gasteiger partial charge in [0.2, 0.25) is 11.8 Å². The molecule has 2 aliphatic heterocycles. The number of urea groups is 1. The van der Waals surface area contributed by atoms with Crippen molar-refractivity contribution >= 4 is 17.8 Å². The van der Waals surface area contributed by atoms with Crippen LogP contribution in [-0.4, -0.2) is 53.8 Å². The molecule has 2 aliphatic rings. The summed E-state index contributed by atoms with van der Waals surface area (Å²) >= 11 is 0. The summed E-state index contributed by atoms with van der Waals surface area (Å²) in [5.74, 6) is -0.778. The predicted octanol–water partition coefficient (Wildman–Crippen LogP) is -0.451. The Bertz CT molecular complexity index is 336. The van der Waals surface area contributed by atoms with Gasteiger partial charge in [-0.1, -0.05) is 0 Å². The summed E-state index contributed by atoms with van der Waals surface area (Å²) in [6.07, 6.45) is 1.34. The van der Waals surface area contributed by atoms with Crippen molar-refractivity contribution in [3.05, 3.63) is 0 Å². The maximum absolute atomic E-state index is 11.8. The van der Waals surface area contributed by atoms with Crippen molar-refractivity contribution in [1.29, 1.82) is 0 Å². The normalized spacial score (nSPS) is 24.2. The van der Waals surface area contributed by atoms with Crippen LogP contribution in [0.15, 0.2) is 0 Å². The molecular formula is C10H15N3O3. The van der Waals surface area contributed by atoms with Gasteiger partial charge in [0.05, 0.1) is 0 Å². The Balaban J connectivity index is 2.15. The fourth-order valence-corrected chi connectivity index (χ4v) is 2.13. The second-order valence-electron chi connectivity index (χ2n) is 4.16. The number of carbonyl (C=O) groups is 3. The van der Waals surface area contributed by atoms with Crippen molar-refractivity contribution in [2.24, 2.45) is 0 Å². The van der Waals surface area contributed by atoms with Crippen molar-refractivity contribution in [3.63, 3.8) is 0 Å². The molecule has 0 unspecified atom stereocenters. The fraction of sp³-hybridized carbons (Fsp3) is 0.700. The molecule has 2 saturated heterocycles. The average Bonchev–Trinajstić information content (AvgIpc) is 2.28. The molecular weight excluding hydrogens is 210 g/mol. The molecule has 2 heterocycles. The van der Waals surface area contributed by atoms with E-state index in [1.54, 1.807) is 0 Å². The number of nitrogens with one attached hydrogen (secondary N) is 1. The van der Waals surface area contributed by atoms with Crippen molar-refractivity contribution < 1.29 is 14.4 Å². The minimum absolute atomic E-state index is 0.0585. The lowest BCUT2D eigenvalue weighted by Gasteiger charge is -2.37. The van der Waals surface area contributed by atoms with E-state index in [9.17, 15) is 14.4 Å². The smallest absolute Gasteiger partial charge is 0.317 e. The molecule has 6 nitrogen and oxygen atoms in total. The van der Waals surface area contributed by atoms with E-state index in [4.69, 9.17) is 0 Å². The standard InChI is InChI=1S/C10H15N3O3/c1-12-8(14)6-9(15)13(10(12)16)7-2-4-11-5-3-7/h7,11H,2-6H2,1H3. The molecule has 88 valence electrons. The third-order valence-corrected chi connectivity index (χ3v) is 3.11. The number of carbonyl (C=O) groups excluding carboxylic acids is 3. The lowest BCUT2D eigenvalue weighted by molar-refractivity contribution is -0.143. The largest absolute Gasteiger partial charge is 0.333 e. The van der Waals surface area contributed by atoms with E-state index in [0.29, 0.717) is 0 Å². The third-order valence-electron chi connectivity index (χ3n) is 3.11. The zero-order valence-corrected chi connectivity index (χ0v) is 9.23. The molecule has 0 aromatic carbocycles.